The Morgan fingerprint density at radius 3 is 2.05 bits per heavy atom. The smallest absolute Gasteiger partial charge is 0.169 e. The van der Waals surface area contributed by atoms with Crippen molar-refractivity contribution in [2.24, 2.45) is 0 Å². The zero-order chi connectivity index (χ0) is 15.5. The van der Waals surface area contributed by atoms with E-state index in [1.54, 1.807) is 12.1 Å². The van der Waals surface area contributed by atoms with Gasteiger partial charge in [-0.1, -0.05) is 61.5 Å². The van der Waals surface area contributed by atoms with Crippen LogP contribution in [0.15, 0.2) is 54.6 Å². The lowest BCUT2D eigenvalue weighted by Crippen LogP contribution is -2.24. The molecule has 0 fully saturated rings. The van der Waals surface area contributed by atoms with Crippen LogP contribution in [0.4, 0.5) is 0 Å². The molecule has 0 radical (unpaired) electrons. The second-order valence-electron chi connectivity index (χ2n) is 4.74. The highest BCUT2D eigenvalue weighted by Gasteiger charge is 2.29. The van der Waals surface area contributed by atoms with Gasteiger partial charge in [-0.15, -0.1) is 11.6 Å². The van der Waals surface area contributed by atoms with E-state index in [9.17, 15) is 13.5 Å². The van der Waals surface area contributed by atoms with Gasteiger partial charge in [0.25, 0.3) is 0 Å². The van der Waals surface area contributed by atoms with Crippen LogP contribution in [0.5, 0.6) is 0 Å². The van der Waals surface area contributed by atoms with E-state index in [1.165, 1.54) is 6.92 Å². The summed E-state index contributed by atoms with van der Waals surface area (Å²) in [6.07, 6.45) is -1.23. The van der Waals surface area contributed by atoms with Crippen molar-refractivity contribution in [1.82, 2.24) is 0 Å². The first-order valence-corrected chi connectivity index (χ1v) is 8.80. The van der Waals surface area contributed by atoms with Gasteiger partial charge in [0, 0.05) is 5.75 Å². The van der Waals surface area contributed by atoms with Crippen LogP contribution in [0.2, 0.25) is 0 Å². The molecule has 0 amide bonds. The number of halogens is 1. The Bertz CT molecular complexity index is 681. The first kappa shape index (κ1) is 16.0. The van der Waals surface area contributed by atoms with Gasteiger partial charge in [-0.25, -0.2) is 8.42 Å². The molecule has 0 saturated heterocycles. The second-order valence-corrected chi connectivity index (χ2v) is 7.88. The van der Waals surface area contributed by atoms with Gasteiger partial charge in [-0.2, -0.15) is 0 Å². The Hall–Kier alpha value is -1.36. The Balaban J connectivity index is 2.23. The van der Waals surface area contributed by atoms with E-state index < -0.39 is 20.7 Å². The molecule has 0 unspecified atom stereocenters. The minimum Gasteiger partial charge on any atom is -0.386 e. The highest BCUT2D eigenvalue weighted by Crippen LogP contribution is 2.28. The summed E-state index contributed by atoms with van der Waals surface area (Å²) in [5.74, 6) is -0.0969. The highest BCUT2D eigenvalue weighted by atomic mass is 35.5. The lowest BCUT2D eigenvalue weighted by molar-refractivity contribution is 0.191. The number of hydrogen-bond acceptors (Lipinski definition) is 3. The van der Waals surface area contributed by atoms with Crippen molar-refractivity contribution in [3.63, 3.8) is 0 Å². The molecule has 0 aliphatic rings. The van der Waals surface area contributed by atoms with Crippen LogP contribution >= 0.6 is 11.6 Å². The van der Waals surface area contributed by atoms with Gasteiger partial charge in [0.2, 0.25) is 0 Å². The van der Waals surface area contributed by atoms with Gasteiger partial charge in [-0.3, -0.25) is 0 Å². The van der Waals surface area contributed by atoms with E-state index in [-0.39, 0.29) is 5.75 Å². The predicted octanol–water partition coefficient (Wildman–Crippen LogP) is 3.39. The molecule has 0 aromatic heterocycles. The van der Waals surface area contributed by atoms with E-state index in [0.717, 1.165) is 11.1 Å². The molecule has 0 bridgehead atoms. The Kier molecular flexibility index (Phi) is 5.04. The molecule has 0 saturated carbocycles. The van der Waals surface area contributed by atoms with Gasteiger partial charge in [0.1, 0.15) is 6.10 Å². The summed E-state index contributed by atoms with van der Waals surface area (Å²) in [4.78, 5) is 0. The lowest BCUT2D eigenvalue weighted by Gasteiger charge is -2.17. The van der Waals surface area contributed by atoms with Crippen molar-refractivity contribution in [2.75, 3.05) is 5.75 Å². The maximum absolute atomic E-state index is 11.7. The molecule has 2 atom stereocenters. The number of hydrogen-bond donors (Lipinski definition) is 1. The molecule has 0 spiro atoms. The normalized spacial score (nSPS) is 14.6. The summed E-state index contributed by atoms with van der Waals surface area (Å²) in [6.45, 7) is 1.51. The third-order valence-electron chi connectivity index (χ3n) is 3.35. The molecule has 0 heterocycles. The van der Waals surface area contributed by atoms with Crippen LogP contribution in [-0.4, -0.2) is 24.0 Å². The summed E-state index contributed by atoms with van der Waals surface area (Å²) >= 11 is 5.88. The number of benzene rings is 2. The zero-order valence-electron chi connectivity index (χ0n) is 11.6. The van der Waals surface area contributed by atoms with Crippen molar-refractivity contribution in [2.45, 2.75) is 17.7 Å². The number of rotatable bonds is 5. The molecule has 5 heteroatoms. The van der Waals surface area contributed by atoms with Gasteiger partial charge in [0.15, 0.2) is 14.5 Å². The van der Waals surface area contributed by atoms with Crippen molar-refractivity contribution in [1.29, 1.82) is 0 Å². The minimum absolute atomic E-state index is 0.0969. The molecule has 0 aliphatic heterocycles. The van der Waals surface area contributed by atoms with E-state index in [0.29, 0.717) is 5.56 Å². The SMILES string of the molecule is CCS(=O)(=O)[C@@H](Cl)[C@@H](O)c1ccc(-c2ccccc2)cc1. The lowest BCUT2D eigenvalue weighted by atomic mass is 10.0. The van der Waals surface area contributed by atoms with Crippen LogP contribution < -0.4 is 0 Å². The number of aliphatic hydroxyl groups excluding tert-OH is 1. The molecule has 2 aromatic carbocycles. The summed E-state index contributed by atoms with van der Waals surface area (Å²) in [6, 6.07) is 16.9. The molecule has 0 aliphatic carbocycles. The fourth-order valence-corrected chi connectivity index (χ4v) is 3.40. The summed E-state index contributed by atoms with van der Waals surface area (Å²) in [5.41, 5.74) is 2.55. The van der Waals surface area contributed by atoms with Crippen LogP contribution in [0.25, 0.3) is 11.1 Å². The number of alkyl halides is 1. The highest BCUT2D eigenvalue weighted by molar-refractivity contribution is 7.93. The van der Waals surface area contributed by atoms with Gasteiger partial charge >= 0.3 is 0 Å². The molecular weight excluding hydrogens is 308 g/mol. The van der Waals surface area contributed by atoms with E-state index in [2.05, 4.69) is 0 Å². The fourth-order valence-electron chi connectivity index (χ4n) is 2.01. The van der Waals surface area contributed by atoms with E-state index in [4.69, 9.17) is 11.6 Å². The number of aliphatic hydroxyl groups is 1. The fraction of sp³-hybridized carbons (Fsp3) is 0.250. The maximum atomic E-state index is 11.7. The summed E-state index contributed by atoms with van der Waals surface area (Å²) < 4.78 is 22.1. The molecule has 2 rings (SSSR count). The first-order valence-electron chi connectivity index (χ1n) is 6.65. The minimum atomic E-state index is -3.49. The van der Waals surface area contributed by atoms with Crippen LogP contribution in [0.3, 0.4) is 0 Å². The third-order valence-corrected chi connectivity index (χ3v) is 6.15. The molecule has 3 nitrogen and oxygen atoms in total. The second kappa shape index (κ2) is 6.60. The maximum Gasteiger partial charge on any atom is 0.169 e. The Labute approximate surface area is 130 Å². The molecule has 1 N–H and O–H groups in total. The topological polar surface area (TPSA) is 54.4 Å². The van der Waals surface area contributed by atoms with Crippen LogP contribution in [0.1, 0.15) is 18.6 Å². The Morgan fingerprint density at radius 1 is 1.00 bits per heavy atom. The predicted molar refractivity (Wildman–Crippen MR) is 85.9 cm³/mol. The molecule has 2 aromatic rings. The van der Waals surface area contributed by atoms with Crippen molar-refractivity contribution in [3.05, 3.63) is 60.2 Å². The van der Waals surface area contributed by atoms with E-state index in [1.807, 2.05) is 42.5 Å². The molecular formula is C16H17ClO3S. The van der Waals surface area contributed by atoms with Gasteiger partial charge in [-0.05, 0) is 16.7 Å². The quantitative estimate of drug-likeness (QED) is 0.858. The Morgan fingerprint density at radius 2 is 1.52 bits per heavy atom. The van der Waals surface area contributed by atoms with Crippen LogP contribution in [-0.2, 0) is 9.84 Å². The third kappa shape index (κ3) is 3.64. The van der Waals surface area contributed by atoms with Crippen molar-refractivity contribution < 1.29 is 13.5 Å². The largest absolute Gasteiger partial charge is 0.386 e. The first-order chi connectivity index (χ1) is 9.95. The summed E-state index contributed by atoms with van der Waals surface area (Å²) in [7, 11) is -3.49. The average Bonchev–Trinajstić information content (AvgIpc) is 2.54. The monoisotopic (exact) mass is 324 g/mol. The molecule has 21 heavy (non-hydrogen) atoms. The van der Waals surface area contributed by atoms with Crippen LogP contribution in [0, 0.1) is 0 Å². The average molecular weight is 325 g/mol. The van der Waals surface area contributed by atoms with E-state index >= 15 is 0 Å². The van der Waals surface area contributed by atoms with Gasteiger partial charge < -0.3 is 5.11 Å². The van der Waals surface area contributed by atoms with Crippen molar-refractivity contribution >= 4 is 21.4 Å². The van der Waals surface area contributed by atoms with Gasteiger partial charge in [0.05, 0.1) is 0 Å². The molecule has 112 valence electrons. The summed E-state index contributed by atoms with van der Waals surface area (Å²) in [5, 5.41) is 10.1. The van der Waals surface area contributed by atoms with Crippen molar-refractivity contribution in [3.8, 4) is 11.1 Å². The zero-order valence-corrected chi connectivity index (χ0v) is 13.2. The number of sulfone groups is 1. The standard InChI is InChI=1S/C16H17ClO3S/c1-2-21(19,20)16(17)15(18)14-10-8-13(9-11-14)12-6-4-3-5-7-12/h3-11,15-16,18H,2H2,1H3/t15-,16+/m0/s1.